The molecule has 2 heterocycles. The van der Waals surface area contributed by atoms with E-state index in [2.05, 4.69) is 23.4 Å². The number of carbonyl (C=O) groups excluding carboxylic acids is 1. The zero-order valence-electron chi connectivity index (χ0n) is 7.90. The van der Waals surface area contributed by atoms with Crippen molar-refractivity contribution >= 4 is 28.5 Å². The number of hydrogen-bond acceptors (Lipinski definition) is 4. The number of aryl methyl sites for hydroxylation is 1. The van der Waals surface area contributed by atoms with Gasteiger partial charge in [-0.1, -0.05) is 0 Å². The molecule has 0 N–H and O–H groups in total. The molecule has 0 aliphatic rings. The Bertz CT molecular complexity index is 470. The van der Waals surface area contributed by atoms with Crippen molar-refractivity contribution in [1.82, 2.24) is 4.98 Å². The second-order valence-corrected chi connectivity index (χ2v) is 5.01. The summed E-state index contributed by atoms with van der Waals surface area (Å²) in [5.41, 5.74) is 1.68. The number of hydrogen-bond donors (Lipinski definition) is 0. The van der Waals surface area contributed by atoms with Gasteiger partial charge < -0.3 is 0 Å². The van der Waals surface area contributed by atoms with Crippen LogP contribution < -0.4 is 0 Å². The quantitative estimate of drug-likeness (QED) is 0.730. The van der Waals surface area contributed by atoms with Gasteiger partial charge in [0.25, 0.3) is 0 Å². The Morgan fingerprint density at radius 3 is 2.64 bits per heavy atom. The second-order valence-electron chi connectivity index (χ2n) is 3.04. The summed E-state index contributed by atoms with van der Waals surface area (Å²) in [5, 5.41) is 4.81. The summed E-state index contributed by atoms with van der Waals surface area (Å²) in [6.45, 7) is 3.60. The van der Waals surface area contributed by atoms with Crippen molar-refractivity contribution in [2.75, 3.05) is 0 Å². The number of thiophene rings is 1. The summed E-state index contributed by atoms with van der Waals surface area (Å²) >= 11 is 3.22. The third-order valence-electron chi connectivity index (χ3n) is 1.84. The molecular weight excluding hydrogens is 214 g/mol. The van der Waals surface area contributed by atoms with Crippen LogP contribution in [0.1, 0.15) is 22.3 Å². The predicted octanol–water partition coefficient (Wildman–Crippen LogP) is 3.38. The molecule has 2 nitrogen and oxygen atoms in total. The van der Waals surface area contributed by atoms with Crippen LogP contribution in [-0.2, 0) is 0 Å². The Morgan fingerprint density at radius 2 is 2.14 bits per heavy atom. The highest BCUT2D eigenvalue weighted by atomic mass is 32.1. The van der Waals surface area contributed by atoms with E-state index in [0.29, 0.717) is 5.69 Å². The molecule has 2 aromatic heterocycles. The number of ketones is 1. The predicted molar refractivity (Wildman–Crippen MR) is 60.2 cm³/mol. The Balaban J connectivity index is 2.38. The van der Waals surface area contributed by atoms with Crippen molar-refractivity contribution in [3.8, 4) is 10.6 Å². The van der Waals surface area contributed by atoms with Crippen molar-refractivity contribution in [2.24, 2.45) is 0 Å². The van der Waals surface area contributed by atoms with Gasteiger partial charge in [-0.05, 0) is 13.0 Å². The first-order chi connectivity index (χ1) is 6.66. The molecule has 0 aliphatic carbocycles. The molecule has 0 aromatic carbocycles. The number of aromatic nitrogens is 1. The average Bonchev–Trinajstić information content (AvgIpc) is 2.70. The Morgan fingerprint density at radius 1 is 1.36 bits per heavy atom. The maximum Gasteiger partial charge on any atom is 0.178 e. The summed E-state index contributed by atoms with van der Waals surface area (Å²) in [4.78, 5) is 16.6. The van der Waals surface area contributed by atoms with Crippen molar-refractivity contribution in [1.29, 1.82) is 0 Å². The molecule has 2 aromatic rings. The van der Waals surface area contributed by atoms with Gasteiger partial charge in [0.2, 0.25) is 0 Å². The summed E-state index contributed by atoms with van der Waals surface area (Å²) < 4.78 is 0. The maximum atomic E-state index is 11.0. The molecule has 0 radical (unpaired) electrons. The van der Waals surface area contributed by atoms with E-state index in [4.69, 9.17) is 0 Å². The van der Waals surface area contributed by atoms with Crippen LogP contribution in [0.5, 0.6) is 0 Å². The van der Waals surface area contributed by atoms with Crippen LogP contribution in [0.4, 0.5) is 0 Å². The van der Waals surface area contributed by atoms with Crippen LogP contribution in [-0.4, -0.2) is 10.8 Å². The molecule has 0 fully saturated rings. The minimum Gasteiger partial charge on any atom is -0.293 e. The van der Waals surface area contributed by atoms with Crippen molar-refractivity contribution in [3.63, 3.8) is 0 Å². The van der Waals surface area contributed by atoms with Gasteiger partial charge >= 0.3 is 0 Å². The molecule has 0 aliphatic heterocycles. The third kappa shape index (κ3) is 1.76. The van der Waals surface area contributed by atoms with E-state index in [0.717, 1.165) is 10.6 Å². The van der Waals surface area contributed by atoms with Gasteiger partial charge in [0.05, 0.1) is 0 Å². The van der Waals surface area contributed by atoms with E-state index in [1.54, 1.807) is 11.3 Å². The van der Waals surface area contributed by atoms with Gasteiger partial charge in [0, 0.05) is 28.1 Å². The fraction of sp³-hybridized carbons (Fsp3) is 0.200. The molecule has 4 heteroatoms. The molecule has 0 saturated carbocycles. The number of nitrogens with zero attached hydrogens (tertiary/aromatic N) is 1. The number of carbonyl (C=O) groups is 1. The molecule has 0 unspecified atom stereocenters. The van der Waals surface area contributed by atoms with Crippen molar-refractivity contribution in [2.45, 2.75) is 13.8 Å². The Hall–Kier alpha value is -1.00. The fourth-order valence-electron chi connectivity index (χ4n) is 1.12. The first kappa shape index (κ1) is 9.55. The zero-order valence-corrected chi connectivity index (χ0v) is 9.54. The van der Waals surface area contributed by atoms with E-state index in [9.17, 15) is 4.79 Å². The van der Waals surface area contributed by atoms with Gasteiger partial charge in [0.15, 0.2) is 5.78 Å². The number of thiazole rings is 1. The largest absolute Gasteiger partial charge is 0.293 e. The lowest BCUT2D eigenvalue weighted by atomic mass is 10.3. The van der Waals surface area contributed by atoms with E-state index < -0.39 is 0 Å². The van der Waals surface area contributed by atoms with Gasteiger partial charge in [-0.2, -0.15) is 0 Å². The number of Topliss-reactive ketones (excluding diaryl/α,β-unsaturated/α-hetero) is 1. The van der Waals surface area contributed by atoms with Gasteiger partial charge in [-0.25, -0.2) is 4.98 Å². The lowest BCUT2D eigenvalue weighted by Gasteiger charge is -1.87. The van der Waals surface area contributed by atoms with Gasteiger partial charge in [0.1, 0.15) is 10.7 Å². The van der Waals surface area contributed by atoms with Gasteiger partial charge in [-0.15, -0.1) is 22.7 Å². The first-order valence-corrected chi connectivity index (χ1v) is 5.94. The minimum absolute atomic E-state index is 0.0273. The minimum atomic E-state index is 0.0273. The molecule has 0 amide bonds. The summed E-state index contributed by atoms with van der Waals surface area (Å²) in [6, 6.07) is 2.09. The molecule has 0 spiro atoms. The molecule has 2 rings (SSSR count). The number of rotatable bonds is 2. The molecule has 0 saturated heterocycles. The van der Waals surface area contributed by atoms with E-state index in [1.807, 2.05) is 5.38 Å². The smallest absolute Gasteiger partial charge is 0.178 e. The standard InChI is InChI=1S/C10H9NOS2/c1-6-3-8(4-13-6)10-11-9(5-14-10)7(2)12/h3-5H,1-2H3. The van der Waals surface area contributed by atoms with Crippen LogP contribution in [0.15, 0.2) is 16.8 Å². The van der Waals surface area contributed by atoms with Crippen LogP contribution in [0.3, 0.4) is 0 Å². The highest BCUT2D eigenvalue weighted by Crippen LogP contribution is 2.27. The van der Waals surface area contributed by atoms with Crippen LogP contribution in [0.25, 0.3) is 10.6 Å². The second kappa shape index (κ2) is 3.63. The third-order valence-corrected chi connectivity index (χ3v) is 3.60. The average molecular weight is 223 g/mol. The van der Waals surface area contributed by atoms with Gasteiger partial charge in [-0.3, -0.25) is 4.79 Å². The maximum absolute atomic E-state index is 11.0. The fourth-order valence-corrected chi connectivity index (χ4v) is 2.73. The van der Waals surface area contributed by atoms with E-state index in [1.165, 1.54) is 23.1 Å². The molecule has 0 bridgehead atoms. The summed E-state index contributed by atoms with van der Waals surface area (Å²) in [6.07, 6.45) is 0. The van der Waals surface area contributed by atoms with E-state index in [-0.39, 0.29) is 5.78 Å². The van der Waals surface area contributed by atoms with Crippen LogP contribution in [0, 0.1) is 6.92 Å². The highest BCUT2D eigenvalue weighted by Gasteiger charge is 2.08. The van der Waals surface area contributed by atoms with Crippen molar-refractivity contribution in [3.05, 3.63) is 27.4 Å². The lowest BCUT2D eigenvalue weighted by molar-refractivity contribution is 0.101. The van der Waals surface area contributed by atoms with Crippen molar-refractivity contribution < 1.29 is 4.79 Å². The van der Waals surface area contributed by atoms with E-state index >= 15 is 0 Å². The summed E-state index contributed by atoms with van der Waals surface area (Å²) in [7, 11) is 0. The SMILES string of the molecule is CC(=O)c1csc(-c2csc(C)c2)n1. The Kier molecular flexibility index (Phi) is 2.48. The van der Waals surface area contributed by atoms with Crippen LogP contribution in [0.2, 0.25) is 0 Å². The normalized spacial score (nSPS) is 10.4. The first-order valence-electron chi connectivity index (χ1n) is 4.19. The summed E-state index contributed by atoms with van der Waals surface area (Å²) in [5.74, 6) is 0.0273. The Labute approximate surface area is 90.2 Å². The topological polar surface area (TPSA) is 30.0 Å². The highest BCUT2D eigenvalue weighted by molar-refractivity contribution is 7.14. The van der Waals surface area contributed by atoms with Crippen LogP contribution >= 0.6 is 22.7 Å². The molecule has 0 atom stereocenters. The molecular formula is C10H9NOS2. The zero-order chi connectivity index (χ0) is 10.1. The molecule has 72 valence electrons. The monoisotopic (exact) mass is 223 g/mol. The lowest BCUT2D eigenvalue weighted by Crippen LogP contribution is -1.90. The molecule has 14 heavy (non-hydrogen) atoms.